The van der Waals surface area contributed by atoms with E-state index in [2.05, 4.69) is 10.3 Å². The number of anilines is 1. The van der Waals surface area contributed by atoms with Gasteiger partial charge in [-0.3, -0.25) is 0 Å². The molecule has 4 aromatic rings. The summed E-state index contributed by atoms with van der Waals surface area (Å²) in [5.41, 5.74) is 2.62. The van der Waals surface area contributed by atoms with Crippen molar-refractivity contribution in [1.82, 2.24) is 4.98 Å². The van der Waals surface area contributed by atoms with Crippen molar-refractivity contribution >= 4 is 15.7 Å². The minimum atomic E-state index is -3.89. The van der Waals surface area contributed by atoms with Crippen LogP contribution in [0.15, 0.2) is 93.2 Å². The number of rotatable bonds is 8. The number of aryl methyl sites for hydroxylation is 1. The van der Waals surface area contributed by atoms with Gasteiger partial charge in [0.25, 0.3) is 0 Å². The lowest BCUT2D eigenvalue weighted by Gasteiger charge is -2.06. The van der Waals surface area contributed by atoms with Crippen LogP contribution < -0.4 is 10.1 Å². The molecule has 0 aliphatic rings. The fraction of sp³-hybridized carbons (Fsp3) is 0.160. The minimum absolute atomic E-state index is 0.110. The van der Waals surface area contributed by atoms with Gasteiger partial charge in [-0.15, -0.1) is 0 Å². The number of benzene rings is 3. The summed E-state index contributed by atoms with van der Waals surface area (Å²) < 4.78 is 38.1. The summed E-state index contributed by atoms with van der Waals surface area (Å²) in [4.78, 5) is 4.55. The number of ether oxygens (including phenoxy) is 1. The molecule has 0 atom stereocenters. The lowest BCUT2D eigenvalue weighted by Crippen LogP contribution is -2.07. The van der Waals surface area contributed by atoms with E-state index in [4.69, 9.17) is 9.15 Å². The molecular weight excluding hydrogens is 424 g/mol. The molecule has 0 radical (unpaired) electrons. The fourth-order valence-electron chi connectivity index (χ4n) is 3.19. The third-order valence-electron chi connectivity index (χ3n) is 4.89. The smallest absolute Gasteiger partial charge is 0.234 e. The number of hydrogen-bond donors (Lipinski definition) is 1. The molecule has 0 saturated heterocycles. The molecule has 0 aliphatic heterocycles. The van der Waals surface area contributed by atoms with Crippen LogP contribution in [-0.2, 0) is 16.4 Å². The van der Waals surface area contributed by atoms with Crippen molar-refractivity contribution in [3.05, 3.63) is 90.0 Å². The molecule has 3 aromatic carbocycles. The zero-order valence-corrected chi connectivity index (χ0v) is 18.7. The predicted octanol–water partition coefficient (Wildman–Crippen LogP) is 5.49. The molecule has 0 saturated carbocycles. The van der Waals surface area contributed by atoms with Crippen LogP contribution in [0.2, 0.25) is 0 Å². The highest BCUT2D eigenvalue weighted by molar-refractivity contribution is 7.91. The summed E-state index contributed by atoms with van der Waals surface area (Å²) in [5.74, 6) is 1.05. The second-order valence-electron chi connectivity index (χ2n) is 7.27. The summed E-state index contributed by atoms with van der Waals surface area (Å²) in [7, 11) is -3.89. The molecule has 6 nitrogen and oxygen atoms in total. The summed E-state index contributed by atoms with van der Waals surface area (Å²) in [6.45, 7) is 4.78. The second kappa shape index (κ2) is 9.28. The Hall–Kier alpha value is -3.58. The van der Waals surface area contributed by atoms with Crippen molar-refractivity contribution in [2.75, 3.05) is 11.9 Å². The van der Waals surface area contributed by atoms with Crippen LogP contribution in [-0.4, -0.2) is 20.0 Å². The monoisotopic (exact) mass is 448 g/mol. The molecule has 4 rings (SSSR count). The van der Waals surface area contributed by atoms with Gasteiger partial charge in [-0.1, -0.05) is 48.0 Å². The number of nitrogens with one attached hydrogen (secondary N) is 1. The Labute approximate surface area is 187 Å². The van der Waals surface area contributed by atoms with E-state index in [9.17, 15) is 8.42 Å². The standard InChI is InChI=1S/C25H24N2O4S/c1-3-30-21-13-11-20(12-14-21)23-27-25(32(28,29)22-15-9-18(2)10-16-22)24(31-23)26-17-19-7-5-4-6-8-19/h4-16,26H,3,17H2,1-2H3. The molecule has 32 heavy (non-hydrogen) atoms. The molecule has 0 bridgehead atoms. The summed E-state index contributed by atoms with van der Waals surface area (Å²) in [6.07, 6.45) is 0. The number of hydrogen-bond acceptors (Lipinski definition) is 6. The van der Waals surface area contributed by atoms with Crippen molar-refractivity contribution in [3.8, 4) is 17.2 Å². The Morgan fingerprint density at radius 1 is 0.938 bits per heavy atom. The zero-order valence-electron chi connectivity index (χ0n) is 17.9. The number of nitrogens with zero attached hydrogens (tertiary/aromatic N) is 1. The predicted molar refractivity (Wildman–Crippen MR) is 124 cm³/mol. The van der Waals surface area contributed by atoms with E-state index < -0.39 is 9.84 Å². The lowest BCUT2D eigenvalue weighted by molar-refractivity contribution is 0.340. The van der Waals surface area contributed by atoms with E-state index in [1.165, 1.54) is 0 Å². The molecule has 0 fully saturated rings. The number of oxazole rings is 1. The molecule has 1 aromatic heterocycles. The van der Waals surface area contributed by atoms with Gasteiger partial charge in [0.15, 0.2) is 0 Å². The summed E-state index contributed by atoms with van der Waals surface area (Å²) in [6, 6.07) is 23.5. The largest absolute Gasteiger partial charge is 0.494 e. The molecule has 0 aliphatic carbocycles. The maximum absolute atomic E-state index is 13.4. The molecule has 1 heterocycles. The van der Waals surface area contributed by atoms with Crippen LogP contribution in [0.4, 0.5) is 5.88 Å². The normalized spacial score (nSPS) is 11.3. The Kier molecular flexibility index (Phi) is 6.28. The van der Waals surface area contributed by atoms with E-state index in [0.717, 1.165) is 16.9 Å². The molecule has 0 spiro atoms. The molecule has 164 valence electrons. The van der Waals surface area contributed by atoms with E-state index in [1.54, 1.807) is 48.5 Å². The molecular formula is C25H24N2O4S. The molecule has 0 amide bonds. The second-order valence-corrected chi connectivity index (χ2v) is 9.13. The summed E-state index contributed by atoms with van der Waals surface area (Å²) in [5, 5.41) is 2.97. The van der Waals surface area contributed by atoms with Crippen molar-refractivity contribution < 1.29 is 17.6 Å². The first-order valence-corrected chi connectivity index (χ1v) is 11.8. The van der Waals surface area contributed by atoms with Crippen LogP contribution in [0, 0.1) is 6.92 Å². The van der Waals surface area contributed by atoms with Gasteiger partial charge in [-0.2, -0.15) is 4.98 Å². The molecule has 1 N–H and O–H groups in total. The average Bonchev–Trinajstić information content (AvgIpc) is 3.25. The third kappa shape index (κ3) is 4.68. The van der Waals surface area contributed by atoms with E-state index in [-0.39, 0.29) is 21.7 Å². The Morgan fingerprint density at radius 2 is 1.62 bits per heavy atom. The first kappa shape index (κ1) is 21.6. The van der Waals surface area contributed by atoms with Gasteiger partial charge in [0.2, 0.25) is 26.6 Å². The fourth-order valence-corrected chi connectivity index (χ4v) is 4.47. The quantitative estimate of drug-likeness (QED) is 0.384. The van der Waals surface area contributed by atoms with Gasteiger partial charge < -0.3 is 14.5 Å². The van der Waals surface area contributed by atoms with Gasteiger partial charge in [0.1, 0.15) is 5.75 Å². The van der Waals surface area contributed by atoms with Gasteiger partial charge in [-0.05, 0) is 55.8 Å². The van der Waals surface area contributed by atoms with Gasteiger partial charge in [0.05, 0.1) is 11.5 Å². The first-order valence-electron chi connectivity index (χ1n) is 10.3. The maximum Gasteiger partial charge on any atom is 0.234 e. The summed E-state index contributed by atoms with van der Waals surface area (Å²) >= 11 is 0. The topological polar surface area (TPSA) is 81.4 Å². The van der Waals surface area contributed by atoms with Crippen molar-refractivity contribution in [2.24, 2.45) is 0 Å². The Balaban J connectivity index is 1.73. The average molecular weight is 449 g/mol. The highest BCUT2D eigenvalue weighted by Crippen LogP contribution is 2.33. The van der Waals surface area contributed by atoms with Crippen LogP contribution in [0.5, 0.6) is 5.75 Å². The Bertz CT molecular complexity index is 1280. The minimum Gasteiger partial charge on any atom is -0.494 e. The van der Waals surface area contributed by atoms with Crippen LogP contribution in [0.1, 0.15) is 18.1 Å². The van der Waals surface area contributed by atoms with Crippen molar-refractivity contribution in [2.45, 2.75) is 30.3 Å². The zero-order chi connectivity index (χ0) is 22.6. The maximum atomic E-state index is 13.4. The number of sulfone groups is 1. The van der Waals surface area contributed by atoms with Crippen molar-refractivity contribution in [3.63, 3.8) is 0 Å². The van der Waals surface area contributed by atoms with Crippen LogP contribution >= 0.6 is 0 Å². The highest BCUT2D eigenvalue weighted by Gasteiger charge is 2.28. The van der Waals surface area contributed by atoms with Gasteiger partial charge in [-0.25, -0.2) is 8.42 Å². The van der Waals surface area contributed by atoms with E-state index in [0.29, 0.717) is 18.7 Å². The van der Waals surface area contributed by atoms with Gasteiger partial charge >= 0.3 is 0 Å². The van der Waals surface area contributed by atoms with E-state index in [1.807, 2.05) is 44.2 Å². The number of aromatic nitrogens is 1. The SMILES string of the molecule is CCOc1ccc(-c2nc(S(=O)(=O)c3ccc(C)cc3)c(NCc3ccccc3)o2)cc1. The third-order valence-corrected chi connectivity index (χ3v) is 6.57. The van der Waals surface area contributed by atoms with Crippen molar-refractivity contribution in [1.29, 1.82) is 0 Å². The highest BCUT2D eigenvalue weighted by atomic mass is 32.2. The molecule has 0 unspecified atom stereocenters. The molecule has 7 heteroatoms. The lowest BCUT2D eigenvalue weighted by atomic mass is 10.2. The van der Waals surface area contributed by atoms with Gasteiger partial charge in [0, 0.05) is 12.1 Å². The van der Waals surface area contributed by atoms with E-state index >= 15 is 0 Å². The first-order chi connectivity index (χ1) is 15.5. The Morgan fingerprint density at radius 3 is 2.28 bits per heavy atom. The van der Waals surface area contributed by atoms with Crippen LogP contribution in [0.3, 0.4) is 0 Å². The van der Waals surface area contributed by atoms with Crippen LogP contribution in [0.25, 0.3) is 11.5 Å².